The van der Waals surface area contributed by atoms with Gasteiger partial charge in [0.2, 0.25) is 5.91 Å². The normalized spacial score (nSPS) is 10.5. The number of hydrogen-bond acceptors (Lipinski definition) is 4. The molecule has 2 aromatic rings. The molecule has 1 amide bonds. The third-order valence-electron chi connectivity index (χ3n) is 3.73. The summed E-state index contributed by atoms with van der Waals surface area (Å²) in [7, 11) is 3.27. The zero-order valence-corrected chi connectivity index (χ0v) is 14.4. The number of anilines is 1. The average Bonchev–Trinajstić information content (AvgIpc) is 2.62. The first kappa shape index (κ1) is 17.8. The lowest BCUT2D eigenvalue weighted by molar-refractivity contribution is -0.117. The average molecular weight is 328 g/mol. The summed E-state index contributed by atoms with van der Waals surface area (Å²) >= 11 is 0. The second-order valence-electron chi connectivity index (χ2n) is 5.43. The fraction of sp³-hybridized carbons (Fsp3) is 0.316. The Morgan fingerprint density at radius 2 is 1.75 bits per heavy atom. The van der Waals surface area contributed by atoms with Crippen LogP contribution in [-0.4, -0.2) is 38.1 Å². The van der Waals surface area contributed by atoms with Crippen molar-refractivity contribution >= 4 is 11.6 Å². The number of benzene rings is 2. The molecule has 24 heavy (non-hydrogen) atoms. The van der Waals surface area contributed by atoms with Crippen molar-refractivity contribution in [3.05, 3.63) is 54.1 Å². The summed E-state index contributed by atoms with van der Waals surface area (Å²) in [6.45, 7) is 3.86. The fourth-order valence-electron chi connectivity index (χ4n) is 2.39. The van der Waals surface area contributed by atoms with Crippen molar-refractivity contribution in [2.24, 2.45) is 0 Å². The lowest BCUT2D eigenvalue weighted by Gasteiger charge is -2.20. The van der Waals surface area contributed by atoms with Gasteiger partial charge in [-0.15, -0.1) is 0 Å². The van der Waals surface area contributed by atoms with Gasteiger partial charge in [-0.1, -0.05) is 19.1 Å². The molecular formula is C19H24N2O3. The van der Waals surface area contributed by atoms with Crippen molar-refractivity contribution in [1.82, 2.24) is 4.90 Å². The lowest BCUT2D eigenvalue weighted by atomic mass is 10.2. The summed E-state index contributed by atoms with van der Waals surface area (Å²) < 4.78 is 10.4. The smallest absolute Gasteiger partial charge is 0.238 e. The number of nitrogens with one attached hydrogen (secondary N) is 1. The molecular weight excluding hydrogens is 304 g/mol. The van der Waals surface area contributed by atoms with Gasteiger partial charge in [0.05, 0.1) is 20.8 Å². The predicted octanol–water partition coefficient (Wildman–Crippen LogP) is 3.16. The van der Waals surface area contributed by atoms with Crippen LogP contribution in [0.1, 0.15) is 12.5 Å². The van der Waals surface area contributed by atoms with Crippen molar-refractivity contribution in [2.75, 3.05) is 32.6 Å². The van der Waals surface area contributed by atoms with Crippen LogP contribution in [0.5, 0.6) is 11.5 Å². The Balaban J connectivity index is 1.91. The lowest BCUT2D eigenvalue weighted by Crippen LogP contribution is -2.32. The van der Waals surface area contributed by atoms with Gasteiger partial charge in [-0.3, -0.25) is 9.69 Å². The van der Waals surface area contributed by atoms with E-state index in [1.165, 1.54) is 0 Å². The van der Waals surface area contributed by atoms with Crippen molar-refractivity contribution in [2.45, 2.75) is 13.5 Å². The molecule has 0 heterocycles. The molecule has 2 rings (SSSR count). The minimum absolute atomic E-state index is 0.0371. The topological polar surface area (TPSA) is 50.8 Å². The summed E-state index contributed by atoms with van der Waals surface area (Å²) in [4.78, 5) is 14.3. The van der Waals surface area contributed by atoms with Crippen LogP contribution in [0.2, 0.25) is 0 Å². The maximum Gasteiger partial charge on any atom is 0.238 e. The molecule has 0 aliphatic heterocycles. The molecule has 0 saturated carbocycles. The van der Waals surface area contributed by atoms with E-state index in [0.717, 1.165) is 29.3 Å². The number of ether oxygens (including phenoxy) is 2. The molecule has 0 bridgehead atoms. The molecule has 0 unspecified atom stereocenters. The van der Waals surface area contributed by atoms with Gasteiger partial charge in [-0.05, 0) is 48.5 Å². The van der Waals surface area contributed by atoms with E-state index >= 15 is 0 Å². The van der Waals surface area contributed by atoms with Gasteiger partial charge in [0.1, 0.15) is 11.5 Å². The van der Waals surface area contributed by atoms with E-state index in [1.54, 1.807) is 14.2 Å². The van der Waals surface area contributed by atoms with Crippen LogP contribution in [0.25, 0.3) is 0 Å². The molecule has 0 saturated heterocycles. The van der Waals surface area contributed by atoms with E-state index in [1.807, 2.05) is 55.5 Å². The van der Waals surface area contributed by atoms with Gasteiger partial charge in [0.25, 0.3) is 0 Å². The number of amides is 1. The third kappa shape index (κ3) is 5.28. The van der Waals surface area contributed by atoms with Crippen LogP contribution in [0.3, 0.4) is 0 Å². The van der Waals surface area contributed by atoms with E-state index in [2.05, 4.69) is 10.2 Å². The summed E-state index contributed by atoms with van der Waals surface area (Å²) in [6.07, 6.45) is 0. The number of likely N-dealkylation sites (N-methyl/N-ethyl adjacent to an activating group) is 1. The Hall–Kier alpha value is -2.53. The molecule has 0 aromatic heterocycles. The molecule has 0 aliphatic rings. The van der Waals surface area contributed by atoms with Crippen LogP contribution in [-0.2, 0) is 11.3 Å². The largest absolute Gasteiger partial charge is 0.497 e. The van der Waals surface area contributed by atoms with Gasteiger partial charge in [-0.25, -0.2) is 0 Å². The molecule has 0 radical (unpaired) electrons. The second-order valence-corrected chi connectivity index (χ2v) is 5.43. The van der Waals surface area contributed by atoms with Gasteiger partial charge in [0, 0.05) is 12.2 Å². The fourth-order valence-corrected chi connectivity index (χ4v) is 2.39. The Bertz CT molecular complexity index is 656. The van der Waals surface area contributed by atoms with Crippen molar-refractivity contribution in [3.8, 4) is 11.5 Å². The minimum Gasteiger partial charge on any atom is -0.497 e. The highest BCUT2D eigenvalue weighted by molar-refractivity contribution is 5.92. The number of hydrogen-bond donors (Lipinski definition) is 1. The summed E-state index contributed by atoms with van der Waals surface area (Å²) in [5, 5.41) is 2.91. The first-order valence-electron chi connectivity index (χ1n) is 7.93. The number of carbonyl (C=O) groups is 1. The van der Waals surface area contributed by atoms with E-state index in [4.69, 9.17) is 9.47 Å². The van der Waals surface area contributed by atoms with Crippen LogP contribution >= 0.6 is 0 Å². The maximum atomic E-state index is 12.2. The standard InChI is InChI=1S/C19H24N2O3/c1-4-21(13-15-6-5-7-18(12-15)24-3)14-19(22)20-16-8-10-17(23-2)11-9-16/h5-12H,4,13-14H2,1-3H3,(H,20,22). The van der Waals surface area contributed by atoms with Gasteiger partial charge in [-0.2, -0.15) is 0 Å². The van der Waals surface area contributed by atoms with Crippen molar-refractivity contribution < 1.29 is 14.3 Å². The highest BCUT2D eigenvalue weighted by atomic mass is 16.5. The van der Waals surface area contributed by atoms with Crippen LogP contribution in [0, 0.1) is 0 Å². The Morgan fingerprint density at radius 3 is 2.38 bits per heavy atom. The van der Waals surface area contributed by atoms with Crippen LogP contribution in [0.4, 0.5) is 5.69 Å². The Kier molecular flexibility index (Phi) is 6.63. The third-order valence-corrected chi connectivity index (χ3v) is 3.73. The monoisotopic (exact) mass is 328 g/mol. The van der Waals surface area contributed by atoms with Crippen LogP contribution < -0.4 is 14.8 Å². The van der Waals surface area contributed by atoms with E-state index < -0.39 is 0 Å². The van der Waals surface area contributed by atoms with Gasteiger partial charge < -0.3 is 14.8 Å². The number of methoxy groups -OCH3 is 2. The highest BCUT2D eigenvalue weighted by Gasteiger charge is 2.10. The van der Waals surface area contributed by atoms with Crippen molar-refractivity contribution in [1.29, 1.82) is 0 Å². The number of rotatable bonds is 8. The van der Waals surface area contributed by atoms with E-state index in [0.29, 0.717) is 13.1 Å². The molecule has 0 fully saturated rings. The van der Waals surface area contributed by atoms with Crippen LogP contribution in [0.15, 0.2) is 48.5 Å². The Labute approximate surface area is 143 Å². The Morgan fingerprint density at radius 1 is 1.04 bits per heavy atom. The molecule has 128 valence electrons. The zero-order chi connectivity index (χ0) is 17.4. The summed E-state index contributed by atoms with van der Waals surface area (Å²) in [6, 6.07) is 15.2. The predicted molar refractivity (Wildman–Crippen MR) is 95.6 cm³/mol. The van der Waals surface area contributed by atoms with Gasteiger partial charge >= 0.3 is 0 Å². The molecule has 5 nitrogen and oxygen atoms in total. The van der Waals surface area contributed by atoms with E-state index in [9.17, 15) is 4.79 Å². The van der Waals surface area contributed by atoms with Crippen molar-refractivity contribution in [3.63, 3.8) is 0 Å². The minimum atomic E-state index is -0.0371. The maximum absolute atomic E-state index is 12.2. The zero-order valence-electron chi connectivity index (χ0n) is 14.4. The molecule has 0 aliphatic carbocycles. The number of carbonyl (C=O) groups excluding carboxylic acids is 1. The molecule has 5 heteroatoms. The van der Waals surface area contributed by atoms with Gasteiger partial charge in [0.15, 0.2) is 0 Å². The highest BCUT2D eigenvalue weighted by Crippen LogP contribution is 2.16. The first-order valence-corrected chi connectivity index (χ1v) is 7.93. The summed E-state index contributed by atoms with van der Waals surface area (Å²) in [5.41, 5.74) is 1.88. The SMILES string of the molecule is CCN(CC(=O)Nc1ccc(OC)cc1)Cc1cccc(OC)c1. The first-order chi connectivity index (χ1) is 11.6. The summed E-state index contributed by atoms with van der Waals surface area (Å²) in [5.74, 6) is 1.55. The quantitative estimate of drug-likeness (QED) is 0.809. The second kappa shape index (κ2) is 8.93. The molecule has 0 atom stereocenters. The molecule has 2 aromatic carbocycles. The number of nitrogens with zero attached hydrogens (tertiary/aromatic N) is 1. The van der Waals surface area contributed by atoms with E-state index in [-0.39, 0.29) is 5.91 Å². The molecule has 0 spiro atoms. The molecule has 1 N–H and O–H groups in total.